The summed E-state index contributed by atoms with van der Waals surface area (Å²) in [5.41, 5.74) is 1.71. The van der Waals surface area contributed by atoms with Crippen molar-refractivity contribution in [1.82, 2.24) is 10.2 Å². The van der Waals surface area contributed by atoms with Gasteiger partial charge in [-0.05, 0) is 24.8 Å². The van der Waals surface area contributed by atoms with E-state index < -0.39 is 5.97 Å². The summed E-state index contributed by atoms with van der Waals surface area (Å²) in [6.45, 7) is 5.42. The van der Waals surface area contributed by atoms with Crippen LogP contribution in [0.4, 0.5) is 0 Å². The van der Waals surface area contributed by atoms with Crippen LogP contribution in [-0.2, 0) is 14.3 Å². The number of hydrogen-bond acceptors (Lipinski definition) is 4. The molecule has 138 valence electrons. The number of ether oxygens (including phenoxy) is 1. The van der Waals surface area contributed by atoms with Crippen molar-refractivity contribution in [3.63, 3.8) is 0 Å². The Morgan fingerprint density at radius 3 is 2.62 bits per heavy atom. The Morgan fingerprint density at radius 2 is 1.92 bits per heavy atom. The largest absolute Gasteiger partial charge is 0.454 e. The third kappa shape index (κ3) is 3.79. The van der Waals surface area contributed by atoms with Crippen LogP contribution in [-0.4, -0.2) is 41.9 Å². The monoisotopic (exact) mass is 356 g/mol. The van der Waals surface area contributed by atoms with Crippen LogP contribution in [0, 0.1) is 5.92 Å². The van der Waals surface area contributed by atoms with Crippen molar-refractivity contribution < 1.29 is 19.1 Å². The number of carbonyl (C=O) groups is 3. The molecular weight excluding hydrogens is 332 g/mol. The summed E-state index contributed by atoms with van der Waals surface area (Å²) in [6, 6.07) is 7.22. The first-order valence-electron chi connectivity index (χ1n) is 9.02. The fraction of sp³-hybridized carbons (Fsp3) is 0.450. The van der Waals surface area contributed by atoms with Crippen molar-refractivity contribution in [2.75, 3.05) is 13.2 Å². The third-order valence-electron chi connectivity index (χ3n) is 5.15. The van der Waals surface area contributed by atoms with Crippen molar-refractivity contribution in [2.24, 2.45) is 5.92 Å². The molecule has 6 heteroatoms. The summed E-state index contributed by atoms with van der Waals surface area (Å²) in [4.78, 5) is 37.7. The summed E-state index contributed by atoms with van der Waals surface area (Å²) >= 11 is 0. The van der Waals surface area contributed by atoms with Gasteiger partial charge >= 0.3 is 5.97 Å². The third-order valence-corrected chi connectivity index (χ3v) is 5.15. The second-order valence-corrected chi connectivity index (χ2v) is 6.98. The Kier molecular flexibility index (Phi) is 5.40. The van der Waals surface area contributed by atoms with E-state index in [1.165, 1.54) is 11.3 Å². The molecule has 0 saturated heterocycles. The molecule has 2 amide bonds. The minimum absolute atomic E-state index is 0.143. The van der Waals surface area contributed by atoms with E-state index in [1.807, 2.05) is 6.07 Å². The van der Waals surface area contributed by atoms with Crippen LogP contribution < -0.4 is 5.32 Å². The first-order chi connectivity index (χ1) is 12.5. The van der Waals surface area contributed by atoms with E-state index in [-0.39, 0.29) is 31.0 Å². The number of amides is 2. The maximum atomic E-state index is 12.4. The molecule has 0 spiro atoms. The van der Waals surface area contributed by atoms with Crippen LogP contribution in [0.25, 0.3) is 5.70 Å². The molecule has 0 radical (unpaired) electrons. The molecular formula is C20H24N2O4. The van der Waals surface area contributed by atoms with E-state index in [0.717, 1.165) is 19.3 Å². The van der Waals surface area contributed by atoms with Crippen LogP contribution >= 0.6 is 0 Å². The van der Waals surface area contributed by atoms with Gasteiger partial charge in [-0.2, -0.15) is 0 Å². The second-order valence-electron chi connectivity index (χ2n) is 6.98. The predicted octanol–water partition coefficient (Wildman–Crippen LogP) is 2.35. The highest BCUT2D eigenvalue weighted by atomic mass is 16.5. The lowest BCUT2D eigenvalue weighted by Crippen LogP contribution is -2.43. The zero-order valence-electron chi connectivity index (χ0n) is 15.0. The average molecular weight is 356 g/mol. The van der Waals surface area contributed by atoms with Crippen LogP contribution in [0.3, 0.4) is 0 Å². The molecule has 6 nitrogen and oxygen atoms in total. The Balaban J connectivity index is 1.48. The van der Waals surface area contributed by atoms with Gasteiger partial charge in [-0.25, -0.2) is 0 Å². The minimum Gasteiger partial charge on any atom is -0.454 e. The van der Waals surface area contributed by atoms with Crippen molar-refractivity contribution in [3.8, 4) is 0 Å². The first kappa shape index (κ1) is 18.2. The maximum Gasteiger partial charge on any atom is 0.326 e. The predicted molar refractivity (Wildman–Crippen MR) is 97.0 cm³/mol. The van der Waals surface area contributed by atoms with Crippen LogP contribution in [0.5, 0.6) is 0 Å². The van der Waals surface area contributed by atoms with E-state index in [2.05, 4.69) is 18.8 Å². The zero-order valence-corrected chi connectivity index (χ0v) is 15.0. The number of esters is 1. The molecule has 0 aromatic heterocycles. The molecule has 2 aliphatic rings. The highest BCUT2D eigenvalue weighted by Gasteiger charge is 2.32. The number of nitrogens with zero attached hydrogens (tertiary/aromatic N) is 1. The van der Waals surface area contributed by atoms with Gasteiger partial charge in [0.1, 0.15) is 6.54 Å². The molecule has 1 aromatic rings. The fourth-order valence-corrected chi connectivity index (χ4v) is 3.60. The summed E-state index contributed by atoms with van der Waals surface area (Å²) < 4.78 is 5.05. The standard InChI is InChI=1S/C20H24N2O4/c1-13-7-3-6-10-17(13)21-18(23)12-26-19(24)11-22-14(2)15-8-4-5-9-16(15)20(22)25/h4-5,8-9,13,17H,2-3,6-7,10-12H2,1H3,(H,21,23). The Bertz CT molecular complexity index is 708. The lowest BCUT2D eigenvalue weighted by Gasteiger charge is -2.29. The second kappa shape index (κ2) is 7.72. The quantitative estimate of drug-likeness (QED) is 0.822. The van der Waals surface area contributed by atoms with E-state index in [0.29, 0.717) is 22.7 Å². The summed E-state index contributed by atoms with van der Waals surface area (Å²) in [5, 5.41) is 2.94. The first-order valence-corrected chi connectivity index (χ1v) is 9.02. The van der Waals surface area contributed by atoms with Crippen molar-refractivity contribution >= 4 is 23.5 Å². The molecule has 2 atom stereocenters. The van der Waals surface area contributed by atoms with Crippen molar-refractivity contribution in [3.05, 3.63) is 42.0 Å². The van der Waals surface area contributed by atoms with E-state index >= 15 is 0 Å². The topological polar surface area (TPSA) is 75.7 Å². The van der Waals surface area contributed by atoms with Gasteiger partial charge in [0.15, 0.2) is 6.61 Å². The number of fused-ring (bicyclic) bond motifs is 1. The molecule has 1 saturated carbocycles. The van der Waals surface area contributed by atoms with Gasteiger partial charge in [-0.15, -0.1) is 0 Å². The summed E-state index contributed by atoms with van der Waals surface area (Å²) in [7, 11) is 0. The van der Waals surface area contributed by atoms with Crippen LogP contribution in [0.1, 0.15) is 48.5 Å². The number of hydrogen-bond donors (Lipinski definition) is 1. The van der Waals surface area contributed by atoms with Gasteiger partial charge in [-0.3, -0.25) is 19.3 Å². The fourth-order valence-electron chi connectivity index (χ4n) is 3.60. The Morgan fingerprint density at radius 1 is 1.23 bits per heavy atom. The smallest absolute Gasteiger partial charge is 0.326 e. The normalized spacial score (nSPS) is 22.1. The van der Waals surface area contributed by atoms with Gasteiger partial charge in [0.25, 0.3) is 11.8 Å². The maximum absolute atomic E-state index is 12.4. The molecule has 2 unspecified atom stereocenters. The summed E-state index contributed by atoms with van der Waals surface area (Å²) in [6.07, 6.45) is 4.36. The SMILES string of the molecule is C=C1c2ccccc2C(=O)N1CC(=O)OCC(=O)NC1CCCCC1C. The van der Waals surface area contributed by atoms with Crippen molar-refractivity contribution in [2.45, 2.75) is 38.6 Å². The highest BCUT2D eigenvalue weighted by Crippen LogP contribution is 2.30. The molecule has 1 aliphatic heterocycles. The molecule has 1 aromatic carbocycles. The molecule has 0 bridgehead atoms. The van der Waals surface area contributed by atoms with Gasteiger partial charge < -0.3 is 10.1 Å². The van der Waals surface area contributed by atoms with Crippen LogP contribution in [0.15, 0.2) is 30.8 Å². The zero-order chi connectivity index (χ0) is 18.7. The Labute approximate surface area is 153 Å². The van der Waals surface area contributed by atoms with Crippen molar-refractivity contribution in [1.29, 1.82) is 0 Å². The lowest BCUT2D eigenvalue weighted by molar-refractivity contribution is -0.148. The van der Waals surface area contributed by atoms with Gasteiger partial charge in [0, 0.05) is 22.9 Å². The number of nitrogens with one attached hydrogen (secondary N) is 1. The van der Waals surface area contributed by atoms with E-state index in [4.69, 9.17) is 4.74 Å². The highest BCUT2D eigenvalue weighted by molar-refractivity contribution is 6.10. The Hall–Kier alpha value is -2.63. The number of carbonyl (C=O) groups excluding carboxylic acids is 3. The van der Waals surface area contributed by atoms with Gasteiger partial charge in [0.05, 0.1) is 0 Å². The molecule has 1 aliphatic carbocycles. The molecule has 3 rings (SSSR count). The number of rotatable bonds is 5. The molecule has 1 heterocycles. The van der Waals surface area contributed by atoms with Crippen LogP contribution in [0.2, 0.25) is 0 Å². The van der Waals surface area contributed by atoms with Gasteiger partial charge in [-0.1, -0.05) is 44.5 Å². The number of benzene rings is 1. The average Bonchev–Trinajstić information content (AvgIpc) is 2.87. The minimum atomic E-state index is -0.626. The molecule has 1 fully saturated rings. The molecule has 1 N–H and O–H groups in total. The van der Waals surface area contributed by atoms with E-state index in [9.17, 15) is 14.4 Å². The summed E-state index contributed by atoms with van der Waals surface area (Å²) in [5.74, 6) is -0.762. The van der Waals surface area contributed by atoms with E-state index in [1.54, 1.807) is 18.2 Å². The van der Waals surface area contributed by atoms with Gasteiger partial charge in [0.2, 0.25) is 0 Å². The molecule has 26 heavy (non-hydrogen) atoms. The lowest BCUT2D eigenvalue weighted by atomic mass is 9.86.